The zero-order chi connectivity index (χ0) is 15.4. The zero-order valence-corrected chi connectivity index (χ0v) is 12.4. The van der Waals surface area contributed by atoms with E-state index in [2.05, 4.69) is 15.6 Å². The van der Waals surface area contributed by atoms with E-state index in [4.69, 9.17) is 5.11 Å². The molecule has 1 aliphatic rings. The number of aliphatic carboxylic acids is 1. The average molecular weight is 294 g/mol. The SMILES string of the molecule is CNc1ccn([C@@H]2CC[C@@H](CC(=O)O)C[C@@H]2NC)c(=O)n1. The summed E-state index contributed by atoms with van der Waals surface area (Å²) in [5.74, 6) is -0.0428. The molecule has 3 atom stereocenters. The summed E-state index contributed by atoms with van der Waals surface area (Å²) in [5.41, 5.74) is -0.274. The van der Waals surface area contributed by atoms with Crippen molar-refractivity contribution < 1.29 is 9.90 Å². The molecule has 1 fully saturated rings. The Balaban J connectivity index is 2.16. The van der Waals surface area contributed by atoms with Crippen LogP contribution in [-0.2, 0) is 4.79 Å². The molecule has 0 amide bonds. The summed E-state index contributed by atoms with van der Waals surface area (Å²) in [7, 11) is 3.57. The van der Waals surface area contributed by atoms with Crippen LogP contribution in [-0.4, -0.2) is 40.8 Å². The number of rotatable bonds is 5. The van der Waals surface area contributed by atoms with Crippen molar-refractivity contribution in [2.75, 3.05) is 19.4 Å². The Morgan fingerprint density at radius 2 is 2.24 bits per heavy atom. The first-order chi connectivity index (χ1) is 10.0. The van der Waals surface area contributed by atoms with Crippen LogP contribution in [0.3, 0.4) is 0 Å². The van der Waals surface area contributed by atoms with E-state index in [1.165, 1.54) is 0 Å². The van der Waals surface area contributed by atoms with Gasteiger partial charge in [0, 0.05) is 25.7 Å². The van der Waals surface area contributed by atoms with Gasteiger partial charge < -0.3 is 15.7 Å². The van der Waals surface area contributed by atoms with Crippen LogP contribution < -0.4 is 16.3 Å². The van der Waals surface area contributed by atoms with Gasteiger partial charge in [-0.2, -0.15) is 4.98 Å². The normalized spacial score (nSPS) is 25.5. The van der Waals surface area contributed by atoms with Gasteiger partial charge in [-0.05, 0) is 38.3 Å². The summed E-state index contributed by atoms with van der Waals surface area (Å²) in [5, 5.41) is 15.0. The number of nitrogens with one attached hydrogen (secondary N) is 2. The molecule has 0 saturated heterocycles. The summed E-state index contributed by atoms with van der Waals surface area (Å²) >= 11 is 0. The number of anilines is 1. The van der Waals surface area contributed by atoms with Gasteiger partial charge >= 0.3 is 11.7 Å². The second kappa shape index (κ2) is 6.71. The zero-order valence-electron chi connectivity index (χ0n) is 12.4. The minimum atomic E-state index is -0.759. The number of hydrogen-bond acceptors (Lipinski definition) is 5. The monoisotopic (exact) mass is 294 g/mol. The largest absolute Gasteiger partial charge is 0.481 e. The molecule has 1 heterocycles. The van der Waals surface area contributed by atoms with Crippen LogP contribution in [0, 0.1) is 5.92 Å². The first kappa shape index (κ1) is 15.5. The van der Waals surface area contributed by atoms with E-state index in [0.717, 1.165) is 19.3 Å². The van der Waals surface area contributed by atoms with E-state index in [0.29, 0.717) is 5.82 Å². The number of aromatic nitrogens is 2. The molecule has 0 spiro atoms. The Morgan fingerprint density at radius 1 is 1.48 bits per heavy atom. The average Bonchev–Trinajstić information content (AvgIpc) is 2.46. The summed E-state index contributed by atoms with van der Waals surface area (Å²) in [6.07, 6.45) is 4.30. The summed E-state index contributed by atoms with van der Waals surface area (Å²) in [6.45, 7) is 0. The van der Waals surface area contributed by atoms with E-state index in [1.54, 1.807) is 23.9 Å². The molecular weight excluding hydrogens is 272 g/mol. The highest BCUT2D eigenvalue weighted by atomic mass is 16.4. The molecule has 0 aromatic carbocycles. The van der Waals surface area contributed by atoms with Gasteiger partial charge in [-0.3, -0.25) is 9.36 Å². The first-order valence-electron chi connectivity index (χ1n) is 7.21. The Bertz CT molecular complexity index is 557. The van der Waals surface area contributed by atoms with Gasteiger partial charge in [0.15, 0.2) is 0 Å². The van der Waals surface area contributed by atoms with Crippen LogP contribution in [0.15, 0.2) is 17.1 Å². The molecule has 7 heteroatoms. The molecule has 116 valence electrons. The van der Waals surface area contributed by atoms with Crippen molar-refractivity contribution in [3.63, 3.8) is 0 Å². The van der Waals surface area contributed by atoms with E-state index < -0.39 is 5.97 Å². The van der Waals surface area contributed by atoms with Crippen LogP contribution in [0.5, 0.6) is 0 Å². The molecule has 1 aromatic heterocycles. The van der Waals surface area contributed by atoms with E-state index >= 15 is 0 Å². The first-order valence-corrected chi connectivity index (χ1v) is 7.21. The molecule has 7 nitrogen and oxygen atoms in total. The van der Waals surface area contributed by atoms with Crippen LogP contribution in [0.1, 0.15) is 31.7 Å². The van der Waals surface area contributed by atoms with Crippen molar-refractivity contribution >= 4 is 11.8 Å². The van der Waals surface area contributed by atoms with Crippen molar-refractivity contribution in [2.24, 2.45) is 5.92 Å². The van der Waals surface area contributed by atoms with Crippen LogP contribution >= 0.6 is 0 Å². The molecule has 21 heavy (non-hydrogen) atoms. The lowest BCUT2D eigenvalue weighted by Gasteiger charge is -2.36. The molecule has 0 unspecified atom stereocenters. The van der Waals surface area contributed by atoms with Gasteiger partial charge in [-0.15, -0.1) is 0 Å². The minimum Gasteiger partial charge on any atom is -0.481 e. The third-order valence-corrected chi connectivity index (χ3v) is 4.20. The van der Waals surface area contributed by atoms with Crippen molar-refractivity contribution in [1.82, 2.24) is 14.9 Å². The number of carboxylic acids is 1. The Hall–Kier alpha value is -1.89. The third kappa shape index (κ3) is 3.60. The maximum Gasteiger partial charge on any atom is 0.349 e. The fourth-order valence-corrected chi connectivity index (χ4v) is 3.12. The molecule has 3 N–H and O–H groups in total. The third-order valence-electron chi connectivity index (χ3n) is 4.20. The standard InChI is InChI=1S/C14H22N4O3/c1-15-10-7-9(8-13(19)20)3-4-11(10)18-6-5-12(16-2)17-14(18)21/h5-6,9-11,15H,3-4,7-8H2,1-2H3,(H,19,20)(H,16,17,21)/t9-,10+,11-/m1/s1. The highest BCUT2D eigenvalue weighted by Crippen LogP contribution is 2.33. The van der Waals surface area contributed by atoms with Crippen LogP contribution in [0.4, 0.5) is 5.82 Å². The Labute approximate surface area is 123 Å². The van der Waals surface area contributed by atoms with Crippen molar-refractivity contribution in [3.05, 3.63) is 22.7 Å². The quantitative estimate of drug-likeness (QED) is 0.739. The lowest BCUT2D eigenvalue weighted by Crippen LogP contribution is -2.44. The van der Waals surface area contributed by atoms with Crippen molar-refractivity contribution in [3.8, 4) is 0 Å². The van der Waals surface area contributed by atoms with E-state index in [1.807, 2.05) is 7.05 Å². The lowest BCUT2D eigenvalue weighted by atomic mass is 9.80. The summed E-state index contributed by atoms with van der Waals surface area (Å²) < 4.78 is 1.65. The van der Waals surface area contributed by atoms with Crippen molar-refractivity contribution in [2.45, 2.75) is 37.8 Å². The molecular formula is C14H22N4O3. The Morgan fingerprint density at radius 3 is 2.81 bits per heavy atom. The molecule has 0 aliphatic heterocycles. The lowest BCUT2D eigenvalue weighted by molar-refractivity contribution is -0.138. The highest BCUT2D eigenvalue weighted by molar-refractivity contribution is 5.67. The molecule has 0 bridgehead atoms. The summed E-state index contributed by atoms with van der Waals surface area (Å²) in [4.78, 5) is 26.9. The minimum absolute atomic E-state index is 0.0194. The Kier molecular flexibility index (Phi) is 4.95. The van der Waals surface area contributed by atoms with Crippen molar-refractivity contribution in [1.29, 1.82) is 0 Å². The number of likely N-dealkylation sites (N-methyl/N-ethyl adjacent to an activating group) is 1. The fraction of sp³-hybridized carbons (Fsp3) is 0.643. The number of carbonyl (C=O) groups is 1. The number of carboxylic acid groups (broad SMARTS) is 1. The topological polar surface area (TPSA) is 96.3 Å². The van der Waals surface area contributed by atoms with Gasteiger partial charge in [0.25, 0.3) is 0 Å². The highest BCUT2D eigenvalue weighted by Gasteiger charge is 2.32. The predicted molar refractivity (Wildman–Crippen MR) is 79.5 cm³/mol. The van der Waals surface area contributed by atoms with Gasteiger partial charge in [0.2, 0.25) is 0 Å². The molecule has 1 aromatic rings. The van der Waals surface area contributed by atoms with E-state index in [-0.39, 0.29) is 30.1 Å². The second-order valence-corrected chi connectivity index (χ2v) is 5.49. The second-order valence-electron chi connectivity index (χ2n) is 5.49. The summed E-state index contributed by atoms with van der Waals surface area (Å²) in [6, 6.07) is 1.88. The molecule has 1 saturated carbocycles. The van der Waals surface area contributed by atoms with Gasteiger partial charge in [-0.25, -0.2) is 4.79 Å². The molecule has 0 radical (unpaired) electrons. The maximum absolute atomic E-state index is 12.1. The van der Waals surface area contributed by atoms with Gasteiger partial charge in [-0.1, -0.05) is 0 Å². The predicted octanol–water partition coefficient (Wildman–Crippen LogP) is 0.689. The number of nitrogens with zero attached hydrogens (tertiary/aromatic N) is 2. The fourth-order valence-electron chi connectivity index (χ4n) is 3.12. The van der Waals surface area contributed by atoms with Gasteiger partial charge in [0.05, 0.1) is 6.04 Å². The number of hydrogen-bond donors (Lipinski definition) is 3. The smallest absolute Gasteiger partial charge is 0.349 e. The van der Waals surface area contributed by atoms with Crippen LogP contribution in [0.2, 0.25) is 0 Å². The molecule has 1 aliphatic carbocycles. The molecule has 2 rings (SSSR count). The van der Waals surface area contributed by atoms with Gasteiger partial charge in [0.1, 0.15) is 5.82 Å². The maximum atomic E-state index is 12.1. The van der Waals surface area contributed by atoms with E-state index in [9.17, 15) is 9.59 Å². The van der Waals surface area contributed by atoms with Crippen LogP contribution in [0.25, 0.3) is 0 Å².